The van der Waals surface area contributed by atoms with Crippen LogP contribution in [0.5, 0.6) is 0 Å². The van der Waals surface area contributed by atoms with Gasteiger partial charge in [-0.3, -0.25) is 9.59 Å². The van der Waals surface area contributed by atoms with E-state index in [4.69, 9.17) is 10.9 Å². The van der Waals surface area contributed by atoms with Crippen LogP contribution in [0, 0.1) is 5.41 Å². The largest absolute Gasteiger partial charge is 0.409 e. The Morgan fingerprint density at radius 1 is 1.37 bits per heavy atom. The Labute approximate surface area is 112 Å². The van der Waals surface area contributed by atoms with Crippen molar-refractivity contribution in [3.8, 4) is 0 Å². The molecule has 2 aliphatic rings. The smallest absolute Gasteiger partial charge is 0.247 e. The van der Waals surface area contributed by atoms with Crippen LogP contribution in [0.15, 0.2) is 5.16 Å². The summed E-state index contributed by atoms with van der Waals surface area (Å²) < 4.78 is 0. The molecule has 0 aromatic heterocycles. The maximum atomic E-state index is 12.6. The minimum Gasteiger partial charge on any atom is -0.409 e. The third-order valence-electron chi connectivity index (χ3n) is 4.21. The number of nitrogens with zero attached hydrogens (tertiary/aromatic N) is 3. The number of oxime groups is 1. The Hall–Kier alpha value is -1.79. The summed E-state index contributed by atoms with van der Waals surface area (Å²) in [7, 11) is 1.72. The van der Waals surface area contributed by atoms with Crippen LogP contribution in [0.25, 0.3) is 0 Å². The Morgan fingerprint density at radius 2 is 1.95 bits per heavy atom. The number of amides is 2. The van der Waals surface area contributed by atoms with Crippen LogP contribution < -0.4 is 5.73 Å². The van der Waals surface area contributed by atoms with E-state index in [0.717, 1.165) is 0 Å². The predicted octanol–water partition coefficient (Wildman–Crippen LogP) is -0.408. The molecule has 0 unspecified atom stereocenters. The number of amidine groups is 1. The lowest BCUT2D eigenvalue weighted by atomic mass is 9.93. The monoisotopic (exact) mass is 268 g/mol. The van der Waals surface area contributed by atoms with E-state index in [1.54, 1.807) is 30.7 Å². The van der Waals surface area contributed by atoms with Crippen molar-refractivity contribution < 1.29 is 14.8 Å². The Morgan fingerprint density at radius 3 is 2.42 bits per heavy atom. The van der Waals surface area contributed by atoms with Crippen molar-refractivity contribution in [2.45, 2.75) is 32.2 Å². The van der Waals surface area contributed by atoms with Crippen molar-refractivity contribution in [2.24, 2.45) is 16.3 Å². The molecule has 2 amide bonds. The number of nitrogens with two attached hydrogens (primary N) is 1. The molecule has 0 aromatic carbocycles. The highest BCUT2D eigenvalue weighted by Gasteiger charge is 2.59. The third-order valence-corrected chi connectivity index (χ3v) is 4.21. The molecule has 2 fully saturated rings. The van der Waals surface area contributed by atoms with Crippen molar-refractivity contribution in [1.29, 1.82) is 0 Å². The van der Waals surface area contributed by atoms with Gasteiger partial charge in [-0.1, -0.05) is 5.16 Å². The molecule has 106 valence electrons. The fraction of sp³-hybridized carbons (Fsp3) is 0.750. The van der Waals surface area contributed by atoms with Crippen molar-refractivity contribution in [3.05, 3.63) is 0 Å². The van der Waals surface area contributed by atoms with Crippen LogP contribution in [-0.4, -0.2) is 58.3 Å². The lowest BCUT2D eigenvalue weighted by Crippen LogP contribution is -2.65. The van der Waals surface area contributed by atoms with Crippen LogP contribution in [-0.2, 0) is 9.59 Å². The molecule has 2 rings (SSSR count). The van der Waals surface area contributed by atoms with Gasteiger partial charge in [-0.2, -0.15) is 0 Å². The maximum absolute atomic E-state index is 12.6. The molecular weight excluding hydrogens is 248 g/mol. The summed E-state index contributed by atoms with van der Waals surface area (Å²) in [5.41, 5.74) is 3.83. The molecular formula is C12H20N4O3. The third kappa shape index (κ3) is 1.84. The number of hydrogen-bond acceptors (Lipinski definition) is 4. The van der Waals surface area contributed by atoms with Crippen LogP contribution in [0.3, 0.4) is 0 Å². The minimum atomic E-state index is -0.901. The van der Waals surface area contributed by atoms with E-state index in [-0.39, 0.29) is 17.6 Å². The van der Waals surface area contributed by atoms with Gasteiger partial charge in [-0.15, -0.1) is 0 Å². The van der Waals surface area contributed by atoms with Crippen molar-refractivity contribution in [2.75, 3.05) is 20.1 Å². The zero-order valence-electron chi connectivity index (χ0n) is 11.5. The van der Waals surface area contributed by atoms with Gasteiger partial charge in [0.05, 0.1) is 0 Å². The van der Waals surface area contributed by atoms with Gasteiger partial charge in [0, 0.05) is 20.1 Å². The SMILES string of the molecule is CN1CCN(C(=O)C2(C(N)=NO)CC2)C(C)(C)C1=O. The Kier molecular flexibility index (Phi) is 2.95. The molecule has 1 aliphatic carbocycles. The standard InChI is InChI=1S/C12H20N4O3/c1-11(2)9(17)15(3)6-7-16(11)10(18)12(4-5-12)8(13)14-19/h19H,4-7H2,1-3H3,(H2,13,14). The van der Waals surface area contributed by atoms with E-state index in [1.807, 2.05) is 0 Å². The molecule has 1 saturated heterocycles. The number of carbonyl (C=O) groups is 2. The zero-order valence-corrected chi connectivity index (χ0v) is 11.5. The van der Waals surface area contributed by atoms with Crippen LogP contribution in [0.1, 0.15) is 26.7 Å². The first kappa shape index (κ1) is 13.6. The minimum absolute atomic E-state index is 0.0559. The summed E-state index contributed by atoms with van der Waals surface area (Å²) in [5.74, 6) is -0.365. The molecule has 0 aromatic rings. The van der Waals surface area contributed by atoms with Crippen LogP contribution in [0.4, 0.5) is 0 Å². The molecule has 19 heavy (non-hydrogen) atoms. The predicted molar refractivity (Wildman–Crippen MR) is 68.5 cm³/mol. The first-order valence-electron chi connectivity index (χ1n) is 6.33. The highest BCUT2D eigenvalue weighted by Crippen LogP contribution is 2.48. The molecule has 7 nitrogen and oxygen atoms in total. The highest BCUT2D eigenvalue weighted by molar-refractivity contribution is 6.10. The van der Waals surface area contributed by atoms with Gasteiger partial charge in [-0.25, -0.2) is 0 Å². The molecule has 3 N–H and O–H groups in total. The lowest BCUT2D eigenvalue weighted by Gasteiger charge is -2.45. The number of likely N-dealkylation sites (N-methyl/N-ethyl adjacent to an activating group) is 1. The molecule has 1 heterocycles. The first-order valence-corrected chi connectivity index (χ1v) is 6.33. The molecule has 0 atom stereocenters. The molecule has 0 bridgehead atoms. The molecule has 0 spiro atoms. The fourth-order valence-electron chi connectivity index (χ4n) is 2.63. The van der Waals surface area contributed by atoms with Gasteiger partial charge in [0.15, 0.2) is 5.84 Å². The lowest BCUT2D eigenvalue weighted by molar-refractivity contribution is -0.159. The fourth-order valence-corrected chi connectivity index (χ4v) is 2.63. The van der Waals surface area contributed by atoms with E-state index in [2.05, 4.69) is 5.16 Å². The second kappa shape index (κ2) is 4.11. The Balaban J connectivity index is 2.28. The summed E-state index contributed by atoms with van der Waals surface area (Å²) in [6.07, 6.45) is 1.14. The van der Waals surface area contributed by atoms with Crippen molar-refractivity contribution in [3.63, 3.8) is 0 Å². The van der Waals surface area contributed by atoms with Crippen LogP contribution in [0.2, 0.25) is 0 Å². The van der Waals surface area contributed by atoms with Gasteiger partial charge in [0.2, 0.25) is 11.8 Å². The topological polar surface area (TPSA) is 99.2 Å². The number of piperazine rings is 1. The van der Waals surface area contributed by atoms with Gasteiger partial charge in [-0.05, 0) is 26.7 Å². The summed E-state index contributed by atoms with van der Waals surface area (Å²) in [4.78, 5) is 28.0. The molecule has 1 saturated carbocycles. The first-order chi connectivity index (χ1) is 8.77. The summed E-state index contributed by atoms with van der Waals surface area (Å²) in [6, 6.07) is 0. The Bertz CT molecular complexity index is 454. The average Bonchev–Trinajstić information content (AvgIpc) is 3.16. The van der Waals surface area contributed by atoms with E-state index < -0.39 is 11.0 Å². The molecule has 7 heteroatoms. The molecule has 0 radical (unpaired) electrons. The van der Waals surface area contributed by atoms with E-state index in [1.165, 1.54) is 0 Å². The summed E-state index contributed by atoms with van der Waals surface area (Å²) in [5, 5.41) is 11.8. The zero-order chi connectivity index (χ0) is 14.4. The quantitative estimate of drug-likeness (QED) is 0.308. The maximum Gasteiger partial charge on any atom is 0.247 e. The highest BCUT2D eigenvalue weighted by atomic mass is 16.4. The van der Waals surface area contributed by atoms with E-state index in [9.17, 15) is 9.59 Å². The summed E-state index contributed by atoms with van der Waals surface area (Å²) >= 11 is 0. The summed E-state index contributed by atoms with van der Waals surface area (Å²) in [6.45, 7) is 4.42. The van der Waals surface area contributed by atoms with Crippen molar-refractivity contribution in [1.82, 2.24) is 9.80 Å². The van der Waals surface area contributed by atoms with E-state index in [0.29, 0.717) is 25.9 Å². The van der Waals surface area contributed by atoms with Gasteiger partial charge < -0.3 is 20.7 Å². The van der Waals surface area contributed by atoms with Gasteiger partial charge in [0.1, 0.15) is 11.0 Å². The van der Waals surface area contributed by atoms with Crippen molar-refractivity contribution >= 4 is 17.6 Å². The van der Waals surface area contributed by atoms with Crippen LogP contribution >= 0.6 is 0 Å². The average molecular weight is 268 g/mol. The number of rotatable bonds is 2. The number of hydrogen-bond donors (Lipinski definition) is 2. The second-order valence-corrected chi connectivity index (χ2v) is 5.81. The van der Waals surface area contributed by atoms with E-state index >= 15 is 0 Å². The van der Waals surface area contributed by atoms with Gasteiger partial charge >= 0.3 is 0 Å². The molecule has 1 aliphatic heterocycles. The normalized spacial score (nSPS) is 25.4. The second-order valence-electron chi connectivity index (χ2n) is 5.81. The van der Waals surface area contributed by atoms with Gasteiger partial charge in [0.25, 0.3) is 0 Å². The number of carbonyl (C=O) groups excluding carboxylic acids is 2.